The van der Waals surface area contributed by atoms with Gasteiger partial charge in [-0.2, -0.15) is 0 Å². The predicted molar refractivity (Wildman–Crippen MR) is 188 cm³/mol. The number of aliphatic hydroxyl groups is 1. The second kappa shape index (κ2) is 16.5. The van der Waals surface area contributed by atoms with Crippen molar-refractivity contribution in [3.05, 3.63) is 71.8 Å². The fraction of sp³-hybridized carbons (Fsp3) is 0.639. The summed E-state index contributed by atoms with van der Waals surface area (Å²) in [6.07, 6.45) is 3.48. The second-order valence-corrected chi connectivity index (χ2v) is 23.6. The minimum atomic E-state index is -2.10. The highest BCUT2D eigenvalue weighted by molar-refractivity contribution is 6.74. The third-order valence-electron chi connectivity index (χ3n) is 10.3. The first-order valence-electron chi connectivity index (χ1n) is 17.0. The Kier molecular flexibility index (Phi) is 13.7. The summed E-state index contributed by atoms with van der Waals surface area (Å²) in [5, 5.41) is 9.58. The standard InChI is InChI=1S/C36H60N2O4Si2/c1-9-44(10-2,11-3)42-33(25-19-14-20-26-39)34-32(29-41-43(7,8)36(4,5)6)37(27-30-21-15-12-16-22-30)35(40)38(34)28-31-23-17-13-18-24-31/h12-13,15-18,21-24,32-34,39H,9-11,14,19-20,25-29H2,1-8H3. The van der Waals surface area contributed by atoms with Crippen LogP contribution in [0.1, 0.15) is 78.4 Å². The van der Waals surface area contributed by atoms with E-state index >= 15 is 0 Å². The fourth-order valence-corrected chi connectivity index (χ4v) is 10.1. The monoisotopic (exact) mass is 640 g/mol. The van der Waals surface area contributed by atoms with Gasteiger partial charge in [0.05, 0.1) is 24.8 Å². The van der Waals surface area contributed by atoms with E-state index in [0.717, 1.165) is 54.9 Å². The first-order valence-corrected chi connectivity index (χ1v) is 22.4. The number of carbonyl (C=O) groups excluding carboxylic acids is 1. The number of nitrogens with zero attached hydrogens (tertiary/aromatic N) is 2. The van der Waals surface area contributed by atoms with Crippen molar-refractivity contribution in [2.75, 3.05) is 13.2 Å². The van der Waals surface area contributed by atoms with Gasteiger partial charge in [0.1, 0.15) is 0 Å². The third kappa shape index (κ3) is 9.28. The lowest BCUT2D eigenvalue weighted by atomic mass is 9.97. The molecule has 3 rings (SSSR count). The van der Waals surface area contributed by atoms with E-state index in [1.54, 1.807) is 0 Å². The van der Waals surface area contributed by atoms with Gasteiger partial charge in [0.15, 0.2) is 16.6 Å². The van der Waals surface area contributed by atoms with E-state index < -0.39 is 16.6 Å². The lowest BCUT2D eigenvalue weighted by Crippen LogP contribution is -2.54. The van der Waals surface area contributed by atoms with E-state index in [1.807, 2.05) is 24.3 Å². The Morgan fingerprint density at radius 2 is 1.34 bits per heavy atom. The van der Waals surface area contributed by atoms with Crippen molar-refractivity contribution in [1.29, 1.82) is 0 Å². The van der Waals surface area contributed by atoms with Crippen LogP contribution in [0.2, 0.25) is 36.3 Å². The minimum absolute atomic E-state index is 0.0623. The molecule has 2 amide bonds. The summed E-state index contributed by atoms with van der Waals surface area (Å²) in [5.74, 6) is 0. The van der Waals surface area contributed by atoms with E-state index in [9.17, 15) is 9.90 Å². The lowest BCUT2D eigenvalue weighted by Gasteiger charge is -2.42. The van der Waals surface area contributed by atoms with E-state index in [4.69, 9.17) is 8.85 Å². The largest absolute Gasteiger partial charge is 0.415 e. The summed E-state index contributed by atoms with van der Waals surface area (Å²) < 4.78 is 14.4. The zero-order valence-electron chi connectivity index (χ0n) is 28.9. The quantitative estimate of drug-likeness (QED) is 0.131. The molecular weight excluding hydrogens is 581 g/mol. The second-order valence-electron chi connectivity index (χ2n) is 14.1. The summed E-state index contributed by atoms with van der Waals surface area (Å²) in [5.41, 5.74) is 2.25. The molecule has 8 heteroatoms. The van der Waals surface area contributed by atoms with Crippen LogP contribution in [-0.2, 0) is 21.9 Å². The molecule has 2 aromatic carbocycles. The van der Waals surface area contributed by atoms with Crippen molar-refractivity contribution in [2.45, 2.75) is 135 Å². The number of hydrogen-bond acceptors (Lipinski definition) is 4. The number of rotatable bonds is 18. The normalized spacial score (nSPS) is 18.7. The van der Waals surface area contributed by atoms with Crippen molar-refractivity contribution >= 4 is 22.7 Å². The molecule has 1 saturated heterocycles. The highest BCUT2D eigenvalue weighted by atomic mass is 28.4. The topological polar surface area (TPSA) is 62.2 Å². The van der Waals surface area contributed by atoms with Gasteiger partial charge >= 0.3 is 6.03 Å². The molecule has 246 valence electrons. The molecule has 0 aromatic heterocycles. The number of carbonyl (C=O) groups is 1. The number of aliphatic hydroxyl groups excluding tert-OH is 1. The van der Waals surface area contributed by atoms with Gasteiger partial charge in [0, 0.05) is 19.7 Å². The van der Waals surface area contributed by atoms with Crippen LogP contribution in [0.3, 0.4) is 0 Å². The highest BCUT2D eigenvalue weighted by Crippen LogP contribution is 2.39. The van der Waals surface area contributed by atoms with Crippen molar-refractivity contribution in [2.24, 2.45) is 0 Å². The highest BCUT2D eigenvalue weighted by Gasteiger charge is 2.52. The fourth-order valence-electron chi connectivity index (χ4n) is 6.15. The van der Waals surface area contributed by atoms with Gasteiger partial charge in [-0.1, -0.05) is 115 Å². The molecule has 0 saturated carbocycles. The average Bonchev–Trinajstić information content (AvgIpc) is 3.26. The Morgan fingerprint density at radius 3 is 1.82 bits per heavy atom. The maximum Gasteiger partial charge on any atom is 0.321 e. The summed E-state index contributed by atoms with van der Waals surface area (Å²) >= 11 is 0. The molecule has 2 aromatic rings. The van der Waals surface area contributed by atoms with Gasteiger partial charge in [-0.15, -0.1) is 0 Å². The van der Waals surface area contributed by atoms with Gasteiger partial charge in [-0.25, -0.2) is 4.79 Å². The first-order chi connectivity index (χ1) is 20.9. The van der Waals surface area contributed by atoms with Crippen LogP contribution in [0.15, 0.2) is 60.7 Å². The summed E-state index contributed by atoms with van der Waals surface area (Å²) in [7, 11) is -4.11. The molecule has 1 N–H and O–H groups in total. The van der Waals surface area contributed by atoms with Crippen molar-refractivity contribution in [3.8, 4) is 0 Å². The zero-order valence-corrected chi connectivity index (χ0v) is 30.9. The third-order valence-corrected chi connectivity index (χ3v) is 19.5. The van der Waals surface area contributed by atoms with Gasteiger partial charge < -0.3 is 23.8 Å². The van der Waals surface area contributed by atoms with Crippen LogP contribution >= 0.6 is 0 Å². The summed E-state index contributed by atoms with van der Waals surface area (Å²) in [4.78, 5) is 18.8. The SMILES string of the molecule is CC[Si](CC)(CC)OC(CCCCCO)C1C(CO[Si](C)(C)C(C)(C)C)N(Cc2ccccc2)C(=O)N1Cc1ccccc1. The Labute approximate surface area is 270 Å². The molecule has 6 nitrogen and oxygen atoms in total. The average molecular weight is 641 g/mol. The van der Waals surface area contributed by atoms with Crippen molar-refractivity contribution < 1.29 is 18.8 Å². The number of amides is 2. The van der Waals surface area contributed by atoms with Crippen LogP contribution < -0.4 is 0 Å². The van der Waals surface area contributed by atoms with E-state index in [-0.39, 0.29) is 35.9 Å². The predicted octanol–water partition coefficient (Wildman–Crippen LogP) is 8.83. The molecule has 3 unspecified atom stereocenters. The maximum atomic E-state index is 14.6. The van der Waals surface area contributed by atoms with Crippen molar-refractivity contribution in [3.63, 3.8) is 0 Å². The minimum Gasteiger partial charge on any atom is -0.415 e. The van der Waals surface area contributed by atoms with E-state index in [0.29, 0.717) is 19.7 Å². The Hall–Kier alpha value is -1.98. The number of benzene rings is 2. The van der Waals surface area contributed by atoms with Gasteiger partial charge in [-0.3, -0.25) is 0 Å². The maximum absolute atomic E-state index is 14.6. The molecule has 0 bridgehead atoms. The summed E-state index contributed by atoms with van der Waals surface area (Å²) in [6, 6.07) is 23.7. The smallest absolute Gasteiger partial charge is 0.321 e. The molecule has 0 spiro atoms. The lowest BCUT2D eigenvalue weighted by molar-refractivity contribution is 0.0525. The van der Waals surface area contributed by atoms with Crippen LogP contribution in [-0.4, -0.2) is 69.0 Å². The molecule has 1 fully saturated rings. The zero-order chi connectivity index (χ0) is 32.4. The molecule has 0 radical (unpaired) electrons. The first kappa shape index (κ1) is 36.5. The van der Waals surface area contributed by atoms with E-state index in [1.165, 1.54) is 0 Å². The van der Waals surface area contributed by atoms with Crippen LogP contribution in [0.25, 0.3) is 0 Å². The Morgan fingerprint density at radius 1 is 0.818 bits per heavy atom. The van der Waals surface area contributed by atoms with Gasteiger partial charge in [0.25, 0.3) is 0 Å². The van der Waals surface area contributed by atoms with Crippen LogP contribution in [0.5, 0.6) is 0 Å². The number of unbranched alkanes of at least 4 members (excludes halogenated alkanes) is 2. The van der Waals surface area contributed by atoms with Crippen LogP contribution in [0.4, 0.5) is 4.79 Å². The molecule has 1 heterocycles. The van der Waals surface area contributed by atoms with Gasteiger partial charge in [-0.05, 0) is 60.2 Å². The Balaban J connectivity index is 2.13. The van der Waals surface area contributed by atoms with Crippen LogP contribution in [0, 0.1) is 0 Å². The van der Waals surface area contributed by atoms with Gasteiger partial charge in [0.2, 0.25) is 0 Å². The number of hydrogen-bond donors (Lipinski definition) is 1. The number of urea groups is 1. The molecule has 0 aliphatic carbocycles. The molecule has 44 heavy (non-hydrogen) atoms. The molecular formula is C36H60N2O4Si2. The molecule has 1 aliphatic rings. The van der Waals surface area contributed by atoms with Crippen molar-refractivity contribution in [1.82, 2.24) is 9.80 Å². The Bertz CT molecular complexity index is 1110. The molecule has 1 aliphatic heterocycles. The molecule has 3 atom stereocenters. The van der Waals surface area contributed by atoms with E-state index in [2.05, 4.69) is 101 Å². The summed E-state index contributed by atoms with van der Waals surface area (Å²) in [6.45, 7) is 20.1.